The van der Waals surface area contributed by atoms with Crippen molar-refractivity contribution in [2.45, 2.75) is 75.9 Å². The molecule has 1 saturated carbocycles. The van der Waals surface area contributed by atoms with Crippen molar-refractivity contribution in [2.24, 2.45) is 0 Å². The van der Waals surface area contributed by atoms with Crippen LogP contribution in [-0.4, -0.2) is 50.8 Å². The molecule has 4 heterocycles. The molecule has 0 atom stereocenters. The number of hydrogen-bond acceptors (Lipinski definition) is 7. The van der Waals surface area contributed by atoms with E-state index < -0.39 is 11.4 Å². The summed E-state index contributed by atoms with van der Waals surface area (Å²) in [5, 5.41) is 3.29. The van der Waals surface area contributed by atoms with Crippen LogP contribution in [0.1, 0.15) is 69.0 Å². The lowest BCUT2D eigenvalue weighted by Gasteiger charge is -2.31. The van der Waals surface area contributed by atoms with Crippen LogP contribution in [0.15, 0.2) is 40.1 Å². The van der Waals surface area contributed by atoms with E-state index in [9.17, 15) is 18.8 Å². The highest BCUT2D eigenvalue weighted by atomic mass is 32.2. The Morgan fingerprint density at radius 2 is 1.71 bits per heavy atom. The number of thioether (sulfide) groups is 1. The Balaban J connectivity index is 1.09. The molecule has 1 saturated heterocycles. The number of amides is 1. The topological polar surface area (TPSA) is 104 Å². The van der Waals surface area contributed by atoms with Gasteiger partial charge in [0, 0.05) is 24.5 Å². The molecule has 1 amide bonds. The summed E-state index contributed by atoms with van der Waals surface area (Å²) in [6, 6.07) is 6.75. The molecule has 11 heteroatoms. The molecule has 9 nitrogen and oxygen atoms in total. The van der Waals surface area contributed by atoms with Gasteiger partial charge in [-0.05, 0) is 86.6 Å². The van der Waals surface area contributed by atoms with Crippen molar-refractivity contribution in [1.82, 2.24) is 19.4 Å². The fourth-order valence-electron chi connectivity index (χ4n) is 6.27. The second-order valence-corrected chi connectivity index (χ2v) is 12.3. The third-order valence-electron chi connectivity index (χ3n) is 8.38. The first kappa shape index (κ1) is 27.8. The van der Waals surface area contributed by atoms with Crippen molar-refractivity contribution in [1.29, 1.82) is 0 Å². The fraction of sp³-hybridized carbons (Fsp3) is 0.533. The van der Waals surface area contributed by atoms with Gasteiger partial charge in [0.1, 0.15) is 24.7 Å². The number of benzene rings is 1. The average molecular weight is 583 g/mol. The molecule has 0 radical (unpaired) electrons. The molecule has 6 rings (SSSR count). The smallest absolute Gasteiger partial charge is 0.333 e. The van der Waals surface area contributed by atoms with Crippen LogP contribution in [0.3, 0.4) is 0 Å². The first-order chi connectivity index (χ1) is 20.0. The Bertz CT molecular complexity index is 1540. The van der Waals surface area contributed by atoms with Gasteiger partial charge in [0.2, 0.25) is 5.91 Å². The van der Waals surface area contributed by atoms with Gasteiger partial charge in [0.25, 0.3) is 5.56 Å². The quantitative estimate of drug-likeness (QED) is 0.446. The lowest BCUT2D eigenvalue weighted by molar-refractivity contribution is -0.122. The number of aromatic nitrogens is 3. The molecule has 218 valence electrons. The molecule has 2 aromatic heterocycles. The Hall–Kier alpha value is -3.34. The van der Waals surface area contributed by atoms with Gasteiger partial charge in [-0.1, -0.05) is 6.07 Å². The second-order valence-electron chi connectivity index (χ2n) is 11.1. The lowest BCUT2D eigenvalue weighted by Crippen LogP contribution is -2.46. The van der Waals surface area contributed by atoms with Gasteiger partial charge in [0.05, 0.1) is 11.6 Å². The van der Waals surface area contributed by atoms with Gasteiger partial charge in [-0.3, -0.25) is 18.7 Å². The highest BCUT2D eigenvalue weighted by molar-refractivity contribution is 7.99. The van der Waals surface area contributed by atoms with Crippen LogP contribution in [0.5, 0.6) is 11.5 Å². The predicted octanol–water partition coefficient (Wildman–Crippen LogP) is 4.16. The lowest BCUT2D eigenvalue weighted by atomic mass is 9.90. The van der Waals surface area contributed by atoms with Crippen LogP contribution in [0.2, 0.25) is 0 Å². The molecule has 0 bridgehead atoms. The Labute approximate surface area is 241 Å². The zero-order valence-corrected chi connectivity index (χ0v) is 23.8. The summed E-state index contributed by atoms with van der Waals surface area (Å²) in [4.78, 5) is 44.1. The van der Waals surface area contributed by atoms with Crippen molar-refractivity contribution in [3.63, 3.8) is 0 Å². The van der Waals surface area contributed by atoms with Crippen LogP contribution in [0.25, 0.3) is 11.0 Å². The van der Waals surface area contributed by atoms with E-state index in [4.69, 9.17) is 9.47 Å². The van der Waals surface area contributed by atoms with Gasteiger partial charge in [-0.15, -0.1) is 0 Å². The summed E-state index contributed by atoms with van der Waals surface area (Å²) in [6.45, 7) is 1.10. The van der Waals surface area contributed by atoms with Gasteiger partial charge >= 0.3 is 5.69 Å². The molecule has 1 N–H and O–H groups in total. The minimum absolute atomic E-state index is 0.000840. The maximum absolute atomic E-state index is 14.1. The van der Waals surface area contributed by atoms with Crippen molar-refractivity contribution in [3.05, 3.63) is 62.7 Å². The monoisotopic (exact) mass is 582 g/mol. The number of carbonyl (C=O) groups excluding carboxylic acids is 1. The number of hydrogen-bond donors (Lipinski definition) is 1. The van der Waals surface area contributed by atoms with E-state index in [1.807, 2.05) is 30.0 Å². The number of pyridine rings is 1. The van der Waals surface area contributed by atoms with Crippen molar-refractivity contribution >= 4 is 28.7 Å². The summed E-state index contributed by atoms with van der Waals surface area (Å²) in [6.07, 6.45) is 7.12. The zero-order valence-electron chi connectivity index (χ0n) is 23.0. The highest BCUT2D eigenvalue weighted by Crippen LogP contribution is 2.32. The zero-order chi connectivity index (χ0) is 28.3. The summed E-state index contributed by atoms with van der Waals surface area (Å²) in [5.41, 5.74) is 0.540. The Morgan fingerprint density at radius 3 is 2.49 bits per heavy atom. The number of halogens is 1. The largest absolute Gasteiger partial charge is 0.486 e. The number of nitrogens with zero attached hydrogens (tertiary/aromatic N) is 3. The first-order valence-electron chi connectivity index (χ1n) is 14.6. The standard InChI is InChI=1S/C30H35FN4O5S/c31-20-17-24-28(32-18-20)34(23-10-14-41-15-11-23)30(38)35(29(24)37)22-7-5-21(6-8-22)33-27(36)3-1-2-19-4-9-25-26(16-19)40-13-12-39-25/h4,9,16-18,21-23H,1-3,5-8,10-15H2,(H,33,36)/t21-,22+. The molecule has 1 aliphatic carbocycles. The van der Waals surface area contributed by atoms with Crippen LogP contribution in [0, 0.1) is 5.82 Å². The second kappa shape index (κ2) is 12.3. The van der Waals surface area contributed by atoms with E-state index in [2.05, 4.69) is 10.3 Å². The summed E-state index contributed by atoms with van der Waals surface area (Å²) in [7, 11) is 0. The molecule has 0 spiro atoms. The normalized spacial score (nSPS) is 21.1. The average Bonchev–Trinajstić information content (AvgIpc) is 2.99. The predicted molar refractivity (Wildman–Crippen MR) is 156 cm³/mol. The summed E-state index contributed by atoms with van der Waals surface area (Å²) < 4.78 is 28.3. The van der Waals surface area contributed by atoms with Gasteiger partial charge in [0.15, 0.2) is 11.5 Å². The number of aryl methyl sites for hydroxylation is 1. The van der Waals surface area contributed by atoms with E-state index in [1.54, 1.807) is 4.57 Å². The maximum Gasteiger partial charge on any atom is 0.333 e. The van der Waals surface area contributed by atoms with E-state index >= 15 is 0 Å². The number of rotatable bonds is 7. The fourth-order valence-corrected chi connectivity index (χ4v) is 7.36. The van der Waals surface area contributed by atoms with Gasteiger partial charge in [-0.2, -0.15) is 11.8 Å². The first-order valence-corrected chi connectivity index (χ1v) is 15.7. The van der Waals surface area contributed by atoms with E-state index in [1.165, 1.54) is 10.6 Å². The molecule has 41 heavy (non-hydrogen) atoms. The van der Waals surface area contributed by atoms with Crippen molar-refractivity contribution in [3.8, 4) is 11.5 Å². The van der Waals surface area contributed by atoms with Crippen molar-refractivity contribution < 1.29 is 18.7 Å². The van der Waals surface area contributed by atoms with Crippen LogP contribution in [-0.2, 0) is 11.2 Å². The van der Waals surface area contributed by atoms with E-state index in [0.717, 1.165) is 60.4 Å². The van der Waals surface area contributed by atoms with E-state index in [0.29, 0.717) is 45.3 Å². The van der Waals surface area contributed by atoms with E-state index in [-0.39, 0.29) is 40.8 Å². The third kappa shape index (κ3) is 6.00. The van der Waals surface area contributed by atoms with Crippen LogP contribution < -0.4 is 26.0 Å². The van der Waals surface area contributed by atoms with Gasteiger partial charge in [-0.25, -0.2) is 14.2 Å². The minimum Gasteiger partial charge on any atom is -0.486 e. The third-order valence-corrected chi connectivity index (χ3v) is 9.43. The number of nitrogens with one attached hydrogen (secondary N) is 1. The molecule has 3 aromatic rings. The molecular weight excluding hydrogens is 547 g/mol. The Morgan fingerprint density at radius 1 is 0.976 bits per heavy atom. The molecule has 3 aliphatic rings. The maximum atomic E-state index is 14.1. The number of ether oxygens (including phenoxy) is 2. The number of carbonyl (C=O) groups is 1. The van der Waals surface area contributed by atoms with Crippen LogP contribution >= 0.6 is 11.8 Å². The molecule has 2 aliphatic heterocycles. The Kier molecular flexibility index (Phi) is 8.32. The SMILES string of the molecule is O=C(CCCc1ccc2c(c1)OCCO2)N[C@H]1CC[C@@H](n2c(=O)c3cc(F)cnc3n(C3CCSCC3)c2=O)CC1. The molecule has 0 unspecified atom stereocenters. The van der Waals surface area contributed by atoms with Crippen molar-refractivity contribution in [2.75, 3.05) is 24.7 Å². The van der Waals surface area contributed by atoms with Crippen LogP contribution in [0.4, 0.5) is 4.39 Å². The number of fused-ring (bicyclic) bond motifs is 2. The summed E-state index contributed by atoms with van der Waals surface area (Å²) >= 11 is 1.85. The molecule has 2 fully saturated rings. The minimum atomic E-state index is -0.592. The highest BCUT2D eigenvalue weighted by Gasteiger charge is 2.29. The molecule has 1 aromatic carbocycles. The summed E-state index contributed by atoms with van der Waals surface area (Å²) in [5.74, 6) is 2.79. The van der Waals surface area contributed by atoms with Gasteiger partial charge < -0.3 is 14.8 Å². The molecular formula is C30H35FN4O5S.